The Balaban J connectivity index is 2.59. The number of carbonyl (C=O) groups excluding carboxylic acids is 1. The highest BCUT2D eigenvalue weighted by Gasteiger charge is 2.34. The molecular formula is C15H29NO4S. The third-order valence-electron chi connectivity index (χ3n) is 3.56. The number of hydrogen-bond donors (Lipinski definition) is 1. The van der Waals surface area contributed by atoms with E-state index in [-0.39, 0.29) is 6.04 Å². The van der Waals surface area contributed by atoms with E-state index in [0.717, 1.165) is 25.8 Å². The Morgan fingerprint density at radius 1 is 1.29 bits per heavy atom. The number of carbonyl (C=O) groups is 1. The normalized spacial score (nSPS) is 23.8. The average molecular weight is 319 g/mol. The fourth-order valence-electron chi connectivity index (χ4n) is 2.66. The molecule has 1 saturated carbocycles. The summed E-state index contributed by atoms with van der Waals surface area (Å²) in [5.74, 6) is -1.15. The predicted octanol–water partition coefficient (Wildman–Crippen LogP) is 2.05. The summed E-state index contributed by atoms with van der Waals surface area (Å²) < 4.78 is 29.9. The van der Waals surface area contributed by atoms with Crippen molar-refractivity contribution in [3.05, 3.63) is 0 Å². The molecule has 6 heteroatoms. The van der Waals surface area contributed by atoms with Crippen LogP contribution in [0.4, 0.5) is 0 Å². The van der Waals surface area contributed by atoms with E-state index in [0.29, 0.717) is 12.8 Å². The van der Waals surface area contributed by atoms with E-state index in [1.807, 2.05) is 0 Å². The van der Waals surface area contributed by atoms with Gasteiger partial charge in [0.25, 0.3) is 0 Å². The summed E-state index contributed by atoms with van der Waals surface area (Å²) in [7, 11) is -3.43. The molecule has 1 rings (SSSR count). The Hall–Kier alpha value is -0.620. The van der Waals surface area contributed by atoms with Crippen molar-refractivity contribution in [2.75, 3.05) is 12.3 Å². The number of rotatable bonds is 6. The number of esters is 1. The molecule has 124 valence electrons. The summed E-state index contributed by atoms with van der Waals surface area (Å²) in [6, 6.07) is 0.247. The molecule has 1 aliphatic rings. The van der Waals surface area contributed by atoms with E-state index >= 15 is 0 Å². The van der Waals surface area contributed by atoms with Crippen LogP contribution in [0.5, 0.6) is 0 Å². The second-order valence-electron chi connectivity index (χ2n) is 6.83. The number of ether oxygens (including phenoxy) is 1. The zero-order chi connectivity index (χ0) is 16.1. The number of hydrogen-bond acceptors (Lipinski definition) is 5. The quantitative estimate of drug-likeness (QED) is 0.759. The summed E-state index contributed by atoms with van der Waals surface area (Å²) in [6.45, 7) is 8.21. The van der Waals surface area contributed by atoms with Crippen molar-refractivity contribution in [2.45, 2.75) is 76.7 Å². The molecule has 1 aliphatic carbocycles. The number of sulfone groups is 1. The molecule has 1 N–H and O–H groups in total. The highest BCUT2D eigenvalue weighted by atomic mass is 32.2. The number of nitrogens with one attached hydrogen (secondary N) is 1. The molecule has 0 aromatic carbocycles. The molecular weight excluding hydrogens is 290 g/mol. The molecule has 0 heterocycles. The smallest absolute Gasteiger partial charge is 0.321 e. The predicted molar refractivity (Wildman–Crippen MR) is 84.0 cm³/mol. The van der Waals surface area contributed by atoms with Crippen LogP contribution in [0.1, 0.15) is 59.8 Å². The lowest BCUT2D eigenvalue weighted by atomic mass is 9.95. The lowest BCUT2D eigenvalue weighted by Gasteiger charge is -2.29. The van der Waals surface area contributed by atoms with Gasteiger partial charge in [-0.1, -0.05) is 13.3 Å². The van der Waals surface area contributed by atoms with Crippen molar-refractivity contribution < 1.29 is 17.9 Å². The molecule has 0 aromatic heterocycles. The van der Waals surface area contributed by atoms with Crippen LogP contribution >= 0.6 is 0 Å². The molecule has 5 nitrogen and oxygen atoms in total. The van der Waals surface area contributed by atoms with Gasteiger partial charge in [-0.25, -0.2) is 8.42 Å². The fraction of sp³-hybridized carbons (Fsp3) is 0.933. The van der Waals surface area contributed by atoms with E-state index in [2.05, 4.69) is 12.2 Å². The highest BCUT2D eigenvalue weighted by molar-refractivity contribution is 7.92. The zero-order valence-electron chi connectivity index (χ0n) is 13.6. The van der Waals surface area contributed by atoms with Gasteiger partial charge in [0.05, 0.1) is 5.25 Å². The van der Waals surface area contributed by atoms with Crippen molar-refractivity contribution in [1.82, 2.24) is 5.32 Å². The average Bonchev–Trinajstić information content (AvgIpc) is 2.33. The van der Waals surface area contributed by atoms with Gasteiger partial charge in [-0.3, -0.25) is 4.79 Å². The van der Waals surface area contributed by atoms with Gasteiger partial charge in [-0.2, -0.15) is 0 Å². The second-order valence-corrected chi connectivity index (χ2v) is 9.11. The topological polar surface area (TPSA) is 72.5 Å². The van der Waals surface area contributed by atoms with Gasteiger partial charge in [0.1, 0.15) is 11.4 Å². The molecule has 0 aromatic rings. The first-order valence-electron chi connectivity index (χ1n) is 7.81. The van der Waals surface area contributed by atoms with Gasteiger partial charge in [0.2, 0.25) is 0 Å². The first-order valence-corrected chi connectivity index (χ1v) is 9.52. The van der Waals surface area contributed by atoms with Gasteiger partial charge >= 0.3 is 5.97 Å². The van der Waals surface area contributed by atoms with Crippen LogP contribution in [0.15, 0.2) is 0 Å². The van der Waals surface area contributed by atoms with E-state index < -0.39 is 32.4 Å². The van der Waals surface area contributed by atoms with Gasteiger partial charge in [0, 0.05) is 6.04 Å². The minimum Gasteiger partial charge on any atom is -0.459 e. The Kier molecular flexibility index (Phi) is 6.66. The maximum atomic E-state index is 12.4. The second kappa shape index (κ2) is 7.58. The molecule has 1 fully saturated rings. The van der Waals surface area contributed by atoms with E-state index in [9.17, 15) is 13.2 Å². The van der Waals surface area contributed by atoms with Crippen LogP contribution in [0, 0.1) is 0 Å². The van der Waals surface area contributed by atoms with Crippen molar-refractivity contribution >= 4 is 15.8 Å². The Bertz CT molecular complexity index is 439. The van der Waals surface area contributed by atoms with Gasteiger partial charge in [0.15, 0.2) is 9.84 Å². The monoisotopic (exact) mass is 319 g/mol. The van der Waals surface area contributed by atoms with Crippen LogP contribution < -0.4 is 5.32 Å². The van der Waals surface area contributed by atoms with Gasteiger partial charge in [-0.15, -0.1) is 0 Å². The molecule has 0 saturated heterocycles. The molecule has 0 radical (unpaired) electrons. The van der Waals surface area contributed by atoms with Crippen LogP contribution in [-0.2, 0) is 19.4 Å². The molecule has 0 spiro atoms. The van der Waals surface area contributed by atoms with Gasteiger partial charge < -0.3 is 10.1 Å². The molecule has 2 atom stereocenters. The van der Waals surface area contributed by atoms with Gasteiger partial charge in [-0.05, 0) is 53.0 Å². The lowest BCUT2D eigenvalue weighted by molar-refractivity contribution is -0.151. The van der Waals surface area contributed by atoms with Crippen LogP contribution in [0.3, 0.4) is 0 Å². The van der Waals surface area contributed by atoms with Crippen molar-refractivity contribution in [1.29, 1.82) is 0 Å². The Morgan fingerprint density at radius 2 is 1.95 bits per heavy atom. The van der Waals surface area contributed by atoms with E-state index in [1.54, 1.807) is 20.8 Å². The molecule has 0 bridgehead atoms. The summed E-state index contributed by atoms with van der Waals surface area (Å²) >= 11 is 0. The highest BCUT2D eigenvalue weighted by Crippen LogP contribution is 2.25. The maximum Gasteiger partial charge on any atom is 0.321 e. The summed E-state index contributed by atoms with van der Waals surface area (Å²) in [5.41, 5.74) is -0.648. The zero-order valence-corrected chi connectivity index (χ0v) is 14.5. The fourth-order valence-corrected chi connectivity index (χ4v) is 4.33. The molecule has 0 amide bonds. The van der Waals surface area contributed by atoms with E-state index in [1.165, 1.54) is 0 Å². The van der Waals surface area contributed by atoms with E-state index in [4.69, 9.17) is 4.74 Å². The summed E-state index contributed by atoms with van der Waals surface area (Å²) in [6.07, 6.45) is 4.18. The third kappa shape index (κ3) is 6.78. The summed E-state index contributed by atoms with van der Waals surface area (Å²) in [4.78, 5) is 11.8. The standard InChI is InChI=1S/C15H29NO4S/c1-5-9-16-12-7-6-8-13(10-12)21(18,19)11-14(17)20-15(2,3)4/h12-13,16H,5-11H2,1-4H3. The Labute approximate surface area is 128 Å². The summed E-state index contributed by atoms with van der Waals surface area (Å²) in [5, 5.41) is 2.96. The molecule has 2 unspecified atom stereocenters. The lowest BCUT2D eigenvalue weighted by Crippen LogP contribution is -2.41. The Morgan fingerprint density at radius 3 is 2.52 bits per heavy atom. The third-order valence-corrected chi connectivity index (χ3v) is 5.64. The SMILES string of the molecule is CCCNC1CCCC(S(=O)(=O)CC(=O)OC(C)(C)C)C1. The minimum atomic E-state index is -3.43. The van der Waals surface area contributed by atoms with Crippen molar-refractivity contribution in [2.24, 2.45) is 0 Å². The minimum absolute atomic E-state index is 0.247. The maximum absolute atomic E-state index is 12.4. The molecule has 0 aliphatic heterocycles. The van der Waals surface area contributed by atoms with Crippen LogP contribution in [-0.4, -0.2) is 43.6 Å². The molecule has 21 heavy (non-hydrogen) atoms. The van der Waals surface area contributed by atoms with Crippen molar-refractivity contribution in [3.63, 3.8) is 0 Å². The first-order chi connectivity index (χ1) is 9.64. The van der Waals surface area contributed by atoms with Crippen LogP contribution in [0.25, 0.3) is 0 Å². The van der Waals surface area contributed by atoms with Crippen LogP contribution in [0.2, 0.25) is 0 Å². The largest absolute Gasteiger partial charge is 0.459 e. The first kappa shape index (κ1) is 18.4. The van der Waals surface area contributed by atoms with Crippen molar-refractivity contribution in [3.8, 4) is 0 Å².